The summed E-state index contributed by atoms with van der Waals surface area (Å²) in [5.41, 5.74) is 0. The van der Waals surface area contributed by atoms with Crippen molar-refractivity contribution in [3.8, 4) is 0 Å². The van der Waals surface area contributed by atoms with Gasteiger partial charge in [0.1, 0.15) is 0 Å². The van der Waals surface area contributed by atoms with Gasteiger partial charge in [0.25, 0.3) is 0 Å². The van der Waals surface area contributed by atoms with Crippen LogP contribution < -0.4 is 0 Å². The van der Waals surface area contributed by atoms with E-state index in [4.69, 9.17) is 10.2 Å². The van der Waals surface area contributed by atoms with Crippen molar-refractivity contribution in [2.75, 3.05) is 13.2 Å². The van der Waals surface area contributed by atoms with Crippen LogP contribution in [0.15, 0.2) is 0 Å². The normalized spacial score (nSPS) is 32.8. The Morgan fingerprint density at radius 1 is 1.08 bits per heavy atom. The summed E-state index contributed by atoms with van der Waals surface area (Å²) in [5, 5.41) is 76.6. The molecule has 1 fully saturated rings. The molecule has 0 saturated carbocycles. The third-order valence-electron chi connectivity index (χ3n) is 3.98. The Morgan fingerprint density at radius 2 is 1.65 bits per heavy atom. The van der Waals surface area contributed by atoms with Crippen LogP contribution in [0.25, 0.3) is 0 Å². The van der Waals surface area contributed by atoms with Crippen molar-refractivity contribution < 1.29 is 58.0 Å². The number of hydrogen-bond acceptors (Lipinski definition) is 12. The SMILES string of the molecule is O=S(=O)([O-])O[C@@H]([C@H](O)[C@H](O)CO)[C@@H](O)C[Se+]1C[C@H](O)[C@H](O)[C@H]1[C@H](O)CO. The molecule has 0 aliphatic carbocycles. The zero-order chi connectivity index (χ0) is 20.2. The Hall–Kier alpha value is 0.0695. The molecular weight excluding hydrogens is 447 g/mol. The van der Waals surface area contributed by atoms with Crippen molar-refractivity contribution in [2.45, 2.75) is 58.2 Å². The zero-order valence-electron chi connectivity index (χ0n) is 13.5. The van der Waals surface area contributed by atoms with Crippen LogP contribution in [0, 0.1) is 0 Å². The second-order valence-electron chi connectivity index (χ2n) is 5.92. The van der Waals surface area contributed by atoms with E-state index in [1.807, 2.05) is 0 Å². The molecule has 1 aliphatic rings. The summed E-state index contributed by atoms with van der Waals surface area (Å²) in [6, 6.07) is 0. The monoisotopic (exact) mass is 472 g/mol. The van der Waals surface area contributed by atoms with Crippen LogP contribution in [0.2, 0.25) is 15.5 Å². The van der Waals surface area contributed by atoms with Crippen molar-refractivity contribution >= 4 is 24.3 Å². The minimum atomic E-state index is -5.38. The maximum atomic E-state index is 10.8. The standard InChI is InChI=1S/C12H24O12SSe/c13-1-5(15)9(19)11(24-25(21,22)23)8(18)4-26-3-7(17)10(20)12(26)6(16)2-14/h5-20H,1-4H2/t5-,6-,7+,8+,9-,10+,11-,12-,26?/m1/s1. The minimum absolute atomic E-state index is 0.00452. The van der Waals surface area contributed by atoms with E-state index in [2.05, 4.69) is 4.18 Å². The van der Waals surface area contributed by atoms with E-state index in [-0.39, 0.29) is 10.6 Å². The van der Waals surface area contributed by atoms with Gasteiger partial charge in [-0.1, -0.05) is 0 Å². The third kappa shape index (κ3) is 6.31. The van der Waals surface area contributed by atoms with Gasteiger partial charge in [0.05, 0.1) is 0 Å². The van der Waals surface area contributed by atoms with Gasteiger partial charge in [-0.05, 0) is 0 Å². The van der Waals surface area contributed by atoms with Crippen molar-refractivity contribution in [2.24, 2.45) is 0 Å². The summed E-state index contributed by atoms with van der Waals surface area (Å²) in [7, 11) is -5.38. The fraction of sp³-hybridized carbons (Fsp3) is 1.00. The molecule has 26 heavy (non-hydrogen) atoms. The van der Waals surface area contributed by atoms with E-state index in [1.165, 1.54) is 0 Å². The molecule has 0 bridgehead atoms. The van der Waals surface area contributed by atoms with Crippen LogP contribution in [0.4, 0.5) is 0 Å². The van der Waals surface area contributed by atoms with Crippen molar-refractivity contribution in [1.82, 2.24) is 0 Å². The molecule has 1 saturated heterocycles. The van der Waals surface area contributed by atoms with Crippen molar-refractivity contribution in [3.05, 3.63) is 0 Å². The number of rotatable bonds is 10. The Balaban J connectivity index is 2.98. The molecule has 14 heteroatoms. The molecule has 156 valence electrons. The first-order valence-corrected chi connectivity index (χ1v) is 12.3. The molecule has 0 radical (unpaired) electrons. The Bertz CT molecular complexity index is 532. The van der Waals surface area contributed by atoms with E-state index in [0.29, 0.717) is 0 Å². The summed E-state index contributed by atoms with van der Waals surface area (Å²) >= 11 is -2.28. The van der Waals surface area contributed by atoms with E-state index >= 15 is 0 Å². The molecule has 0 aromatic heterocycles. The van der Waals surface area contributed by atoms with Gasteiger partial charge in [-0.3, -0.25) is 0 Å². The first-order valence-electron chi connectivity index (χ1n) is 7.53. The van der Waals surface area contributed by atoms with Crippen LogP contribution in [-0.2, 0) is 14.6 Å². The molecule has 0 aromatic rings. The summed E-state index contributed by atoms with van der Waals surface area (Å²) in [4.78, 5) is -0.950. The molecule has 12 nitrogen and oxygen atoms in total. The first-order chi connectivity index (χ1) is 11.9. The Kier molecular flexibility index (Phi) is 9.29. The van der Waals surface area contributed by atoms with E-state index in [9.17, 15) is 43.6 Å². The van der Waals surface area contributed by atoms with Crippen LogP contribution in [0.1, 0.15) is 0 Å². The molecule has 1 aliphatic heterocycles. The van der Waals surface area contributed by atoms with Crippen LogP contribution in [0.5, 0.6) is 0 Å². The van der Waals surface area contributed by atoms with E-state index in [0.717, 1.165) is 0 Å². The number of hydrogen-bond donors (Lipinski definition) is 8. The Labute approximate surface area is 154 Å². The summed E-state index contributed by atoms with van der Waals surface area (Å²) in [6.45, 7) is -1.72. The molecular formula is C12H24O12SSe. The summed E-state index contributed by atoms with van der Waals surface area (Å²) in [6.07, 6.45) is -12.0. The molecule has 0 amide bonds. The predicted molar refractivity (Wildman–Crippen MR) is 83.9 cm³/mol. The molecule has 0 spiro atoms. The topological polar surface area (TPSA) is 228 Å². The van der Waals surface area contributed by atoms with Crippen LogP contribution in [-0.4, -0.2) is 124 Å². The summed E-state index contributed by atoms with van der Waals surface area (Å²) < 4.78 is 36.6. The second kappa shape index (κ2) is 10.0. The molecule has 1 heterocycles. The van der Waals surface area contributed by atoms with Crippen LogP contribution >= 0.6 is 0 Å². The number of aliphatic hydroxyl groups is 8. The van der Waals surface area contributed by atoms with Gasteiger partial charge in [-0.2, -0.15) is 0 Å². The second-order valence-corrected chi connectivity index (χ2v) is 11.7. The van der Waals surface area contributed by atoms with Gasteiger partial charge in [-0.15, -0.1) is 0 Å². The molecule has 1 rings (SSSR count). The van der Waals surface area contributed by atoms with Crippen molar-refractivity contribution in [3.63, 3.8) is 0 Å². The predicted octanol–water partition coefficient (Wildman–Crippen LogP) is -5.14. The van der Waals surface area contributed by atoms with Gasteiger partial charge in [0.15, 0.2) is 0 Å². The molecule has 0 aromatic carbocycles. The Morgan fingerprint density at radius 3 is 2.12 bits per heavy atom. The molecule has 8 N–H and O–H groups in total. The van der Waals surface area contributed by atoms with Gasteiger partial charge in [-0.25, -0.2) is 0 Å². The summed E-state index contributed by atoms with van der Waals surface area (Å²) in [5.74, 6) is 0. The average molecular weight is 471 g/mol. The van der Waals surface area contributed by atoms with Crippen LogP contribution in [0.3, 0.4) is 0 Å². The maximum absolute atomic E-state index is 10.8. The van der Waals surface area contributed by atoms with Gasteiger partial charge >= 0.3 is 154 Å². The zero-order valence-corrected chi connectivity index (χ0v) is 16.0. The molecule has 1 unspecified atom stereocenters. The van der Waals surface area contributed by atoms with Crippen molar-refractivity contribution in [1.29, 1.82) is 0 Å². The third-order valence-corrected chi connectivity index (χ3v) is 10.5. The van der Waals surface area contributed by atoms with E-state index < -0.39 is 85.1 Å². The quantitative estimate of drug-likeness (QED) is 0.0850. The fourth-order valence-corrected chi connectivity index (χ4v) is 9.41. The average Bonchev–Trinajstić information content (AvgIpc) is 2.83. The number of aliphatic hydroxyl groups excluding tert-OH is 8. The fourth-order valence-electron chi connectivity index (χ4n) is 2.70. The van der Waals surface area contributed by atoms with Gasteiger partial charge < -0.3 is 0 Å². The van der Waals surface area contributed by atoms with Gasteiger partial charge in [0, 0.05) is 0 Å². The van der Waals surface area contributed by atoms with E-state index in [1.54, 1.807) is 0 Å². The first kappa shape index (κ1) is 24.1. The molecule has 9 atom stereocenters. The van der Waals surface area contributed by atoms with Gasteiger partial charge in [0.2, 0.25) is 0 Å².